The summed E-state index contributed by atoms with van der Waals surface area (Å²) in [6.45, 7) is 1.14. The number of sulfonamides is 1. The third-order valence-electron chi connectivity index (χ3n) is 3.01. The molecule has 0 saturated heterocycles. The minimum absolute atomic E-state index is 0.127. The predicted octanol–water partition coefficient (Wildman–Crippen LogP) is 0.0518. The number of pyridine rings is 1. The number of nitrogens with one attached hydrogen (secondary N) is 1. The van der Waals surface area contributed by atoms with Crippen molar-refractivity contribution in [3.63, 3.8) is 0 Å². The molecule has 1 aliphatic heterocycles. The molecule has 0 radical (unpaired) electrons. The van der Waals surface area contributed by atoms with E-state index in [-0.39, 0.29) is 12.6 Å². The number of imidazole rings is 1. The quantitative estimate of drug-likeness (QED) is 0.859. The lowest BCUT2D eigenvalue weighted by atomic mass is 10.3. The second-order valence-corrected chi connectivity index (χ2v) is 6.37. The summed E-state index contributed by atoms with van der Waals surface area (Å²) < 4.78 is 32.3. The minimum Gasteiger partial charge on any atom is -0.371 e. The fraction of sp³-hybridized carbons (Fsp3) is 0.455. The van der Waals surface area contributed by atoms with Gasteiger partial charge in [0.15, 0.2) is 5.65 Å². The number of rotatable bonds is 3. The molecule has 0 aromatic carbocycles. The number of ether oxygens (including phenoxy) is 1. The van der Waals surface area contributed by atoms with Crippen molar-refractivity contribution in [3.8, 4) is 0 Å². The van der Waals surface area contributed by atoms with E-state index in [0.29, 0.717) is 13.2 Å². The van der Waals surface area contributed by atoms with E-state index in [9.17, 15) is 8.42 Å². The molecule has 1 aliphatic rings. The van der Waals surface area contributed by atoms with E-state index < -0.39 is 10.0 Å². The van der Waals surface area contributed by atoms with E-state index in [1.165, 1.54) is 0 Å². The molecule has 0 spiro atoms. The van der Waals surface area contributed by atoms with Crippen molar-refractivity contribution < 1.29 is 13.2 Å². The lowest BCUT2D eigenvalue weighted by molar-refractivity contribution is 0.0578. The van der Waals surface area contributed by atoms with Crippen molar-refractivity contribution in [1.29, 1.82) is 0 Å². The van der Waals surface area contributed by atoms with Gasteiger partial charge in [-0.05, 0) is 12.1 Å². The average Bonchev–Trinajstić information content (AvgIpc) is 2.74. The molecule has 102 valence electrons. The number of nitrogens with zero attached hydrogens (tertiary/aromatic N) is 3. The van der Waals surface area contributed by atoms with E-state index in [1.807, 2.05) is 16.7 Å². The van der Waals surface area contributed by atoms with Crippen LogP contribution in [-0.2, 0) is 21.4 Å². The van der Waals surface area contributed by atoms with Crippen molar-refractivity contribution in [2.45, 2.75) is 12.6 Å². The highest BCUT2D eigenvalue weighted by molar-refractivity contribution is 7.88. The van der Waals surface area contributed by atoms with Crippen molar-refractivity contribution >= 4 is 21.2 Å². The molecule has 3 rings (SSSR count). The Kier molecular flexibility index (Phi) is 3.00. The van der Waals surface area contributed by atoms with Crippen LogP contribution in [0.1, 0.15) is 11.9 Å². The zero-order valence-electron chi connectivity index (χ0n) is 10.4. The van der Waals surface area contributed by atoms with Crippen molar-refractivity contribution in [3.05, 3.63) is 24.2 Å². The first-order valence-electron chi connectivity index (χ1n) is 5.89. The Morgan fingerprint density at radius 2 is 2.42 bits per heavy atom. The van der Waals surface area contributed by atoms with Crippen LogP contribution < -0.4 is 4.72 Å². The van der Waals surface area contributed by atoms with Gasteiger partial charge < -0.3 is 9.30 Å². The molecular formula is C11H14N4O3S. The molecule has 8 heteroatoms. The van der Waals surface area contributed by atoms with Gasteiger partial charge in [0.25, 0.3) is 0 Å². The summed E-state index contributed by atoms with van der Waals surface area (Å²) in [4.78, 5) is 8.76. The van der Waals surface area contributed by atoms with Gasteiger partial charge >= 0.3 is 0 Å². The van der Waals surface area contributed by atoms with E-state index in [1.54, 1.807) is 6.20 Å². The molecule has 0 unspecified atom stereocenters. The summed E-state index contributed by atoms with van der Waals surface area (Å²) in [5.74, 6) is 0.778. The topological polar surface area (TPSA) is 86.1 Å². The molecule has 19 heavy (non-hydrogen) atoms. The maximum atomic E-state index is 11.2. The van der Waals surface area contributed by atoms with Gasteiger partial charge in [-0.25, -0.2) is 23.1 Å². The third-order valence-corrected chi connectivity index (χ3v) is 3.70. The fourth-order valence-electron chi connectivity index (χ4n) is 2.22. The molecular weight excluding hydrogens is 268 g/mol. The smallest absolute Gasteiger partial charge is 0.208 e. The molecule has 0 amide bonds. The molecule has 3 heterocycles. The second-order valence-electron chi connectivity index (χ2n) is 4.53. The molecule has 0 aliphatic carbocycles. The van der Waals surface area contributed by atoms with Gasteiger partial charge in [-0.1, -0.05) is 0 Å². The summed E-state index contributed by atoms with van der Waals surface area (Å²) >= 11 is 0. The van der Waals surface area contributed by atoms with Crippen LogP contribution in [0.2, 0.25) is 0 Å². The first-order valence-corrected chi connectivity index (χ1v) is 7.78. The van der Waals surface area contributed by atoms with Crippen molar-refractivity contribution in [1.82, 2.24) is 19.3 Å². The molecule has 2 aromatic rings. The summed E-state index contributed by atoms with van der Waals surface area (Å²) in [5.41, 5.74) is 1.56. The van der Waals surface area contributed by atoms with Gasteiger partial charge in [-0.2, -0.15) is 0 Å². The van der Waals surface area contributed by atoms with Crippen LogP contribution in [0, 0.1) is 0 Å². The predicted molar refractivity (Wildman–Crippen MR) is 69.1 cm³/mol. The van der Waals surface area contributed by atoms with Crippen LogP contribution in [0.4, 0.5) is 0 Å². The standard InChI is InChI=1S/C11H14N4O3S/c1-19(16,17)13-5-8-6-18-7-10-14-9-3-2-4-12-11(9)15(8)10/h2-4,8,13H,5-7H2,1H3/t8-/m0/s1. The summed E-state index contributed by atoms with van der Waals surface area (Å²) in [6, 6.07) is 3.58. The SMILES string of the molecule is CS(=O)(=O)NC[C@H]1COCc2nc3cccnc3n21. The van der Waals surface area contributed by atoms with E-state index >= 15 is 0 Å². The van der Waals surface area contributed by atoms with E-state index in [2.05, 4.69) is 14.7 Å². The lowest BCUT2D eigenvalue weighted by Gasteiger charge is -2.25. The molecule has 2 aromatic heterocycles. The maximum Gasteiger partial charge on any atom is 0.208 e. The molecule has 0 fully saturated rings. The highest BCUT2D eigenvalue weighted by Gasteiger charge is 2.25. The highest BCUT2D eigenvalue weighted by atomic mass is 32.2. The highest BCUT2D eigenvalue weighted by Crippen LogP contribution is 2.23. The number of hydrogen-bond donors (Lipinski definition) is 1. The Hall–Kier alpha value is -1.51. The molecule has 1 atom stereocenters. The molecule has 0 saturated carbocycles. The summed E-state index contributed by atoms with van der Waals surface area (Å²) in [7, 11) is -3.22. The number of fused-ring (bicyclic) bond motifs is 3. The zero-order chi connectivity index (χ0) is 13.5. The van der Waals surface area contributed by atoms with Gasteiger partial charge in [-0.15, -0.1) is 0 Å². The molecule has 0 bridgehead atoms. The fourth-order valence-corrected chi connectivity index (χ4v) is 2.72. The van der Waals surface area contributed by atoms with Gasteiger partial charge in [0.05, 0.1) is 18.9 Å². The van der Waals surface area contributed by atoms with Crippen molar-refractivity contribution in [2.75, 3.05) is 19.4 Å². The Labute approximate surface area is 110 Å². The number of hydrogen-bond acceptors (Lipinski definition) is 5. The lowest BCUT2D eigenvalue weighted by Crippen LogP contribution is -2.35. The number of aromatic nitrogens is 3. The monoisotopic (exact) mass is 282 g/mol. The first-order chi connectivity index (χ1) is 9.04. The van der Waals surface area contributed by atoms with Crippen LogP contribution >= 0.6 is 0 Å². The Morgan fingerprint density at radius 1 is 1.58 bits per heavy atom. The van der Waals surface area contributed by atoms with Crippen molar-refractivity contribution in [2.24, 2.45) is 0 Å². The minimum atomic E-state index is -3.22. The van der Waals surface area contributed by atoms with Crippen LogP contribution in [0.3, 0.4) is 0 Å². The average molecular weight is 282 g/mol. The van der Waals surface area contributed by atoms with Crippen LogP contribution in [0.15, 0.2) is 18.3 Å². The Bertz CT molecular complexity index is 710. The molecule has 1 N–H and O–H groups in total. The molecule has 7 nitrogen and oxygen atoms in total. The second kappa shape index (κ2) is 4.55. The van der Waals surface area contributed by atoms with Crippen LogP contribution in [-0.4, -0.2) is 42.4 Å². The first kappa shape index (κ1) is 12.5. The van der Waals surface area contributed by atoms with Crippen LogP contribution in [0.25, 0.3) is 11.2 Å². The normalized spacial score (nSPS) is 19.5. The van der Waals surface area contributed by atoms with Gasteiger partial charge in [0.1, 0.15) is 17.9 Å². The summed E-state index contributed by atoms with van der Waals surface area (Å²) in [5, 5.41) is 0. The van der Waals surface area contributed by atoms with Gasteiger partial charge in [0, 0.05) is 12.7 Å². The Balaban J connectivity index is 1.99. The van der Waals surface area contributed by atoms with E-state index in [4.69, 9.17) is 4.74 Å². The van der Waals surface area contributed by atoms with E-state index in [0.717, 1.165) is 23.2 Å². The van der Waals surface area contributed by atoms with Crippen LogP contribution in [0.5, 0.6) is 0 Å². The zero-order valence-corrected chi connectivity index (χ0v) is 11.2. The summed E-state index contributed by atoms with van der Waals surface area (Å²) in [6.07, 6.45) is 2.84. The maximum absolute atomic E-state index is 11.2. The third kappa shape index (κ3) is 2.46. The largest absolute Gasteiger partial charge is 0.371 e. The Morgan fingerprint density at radius 3 is 3.21 bits per heavy atom. The van der Waals surface area contributed by atoms with Gasteiger partial charge in [0.2, 0.25) is 10.0 Å². The van der Waals surface area contributed by atoms with Gasteiger partial charge in [-0.3, -0.25) is 0 Å².